The Morgan fingerprint density at radius 2 is 0.748 bits per heavy atom. The van der Waals surface area contributed by atoms with Gasteiger partial charge in [0.15, 0.2) is 0 Å². The van der Waals surface area contributed by atoms with Crippen LogP contribution in [0.15, 0.2) is 188 Å². The number of allylic oxidation sites excluding steroid dienone is 1. The first kappa shape index (κ1) is 125. The maximum atomic E-state index is 13.0. The van der Waals surface area contributed by atoms with Crippen molar-refractivity contribution in [3.8, 4) is 30.3 Å². The third kappa shape index (κ3) is 60.5. The molecule has 131 heavy (non-hydrogen) atoms. The first-order valence-electron chi connectivity index (χ1n) is 47.1. The molecule has 0 saturated heterocycles. The molecular formula is C106H158KN11O13. The summed E-state index contributed by atoms with van der Waals surface area (Å²) in [6.45, 7) is 13.6. The molecule has 716 valence electrons. The molecule has 6 aromatic carbocycles. The van der Waals surface area contributed by atoms with E-state index in [2.05, 4.69) is 58.9 Å². The minimum absolute atomic E-state index is 0. The molecule has 2 aliphatic rings. The summed E-state index contributed by atoms with van der Waals surface area (Å²) in [5, 5.41) is 125. The number of hydrogen-bond acceptors (Lipinski definition) is 16. The zero-order chi connectivity index (χ0) is 96.1. The summed E-state index contributed by atoms with van der Waals surface area (Å²) in [5.74, 6) is 0.969. The summed E-state index contributed by atoms with van der Waals surface area (Å²) < 4.78 is -1.31. The second-order valence-electron chi connectivity index (χ2n) is 35.3. The average Bonchev–Trinajstić information content (AvgIpc) is 0.827. The number of amides is 2. The molecule has 2 aliphatic carbocycles. The first-order valence-corrected chi connectivity index (χ1v) is 47.1. The van der Waals surface area contributed by atoms with Gasteiger partial charge in [-0.25, -0.2) is 0 Å². The minimum Gasteiger partial charge on any atom is -0.870 e. The Labute approximate surface area is 829 Å². The minimum atomic E-state index is -0.708. The SMILES string of the molecule is CCCCC(CC(=O)N(CC[N+](C)(C)[O-])CC[N+](C)(C)[O-])c1ccccc1.CCCCC(CC(=O)N(CC[NH+](C)[O-])CC[N+](C)(C)[O-])C1CCCCC1.CCCCC(CC(=O)O)C1CCCCC1.CCCCC(CC(=O)O)c1ccccc1.CCCCC(c1ccccc1)C(C#N)C#N.N#CC(C#N)=C(c1ccccc1)c1ccccc1.N#Cc1ccccc1.OCCO.[K+].[OH-]. The van der Waals surface area contributed by atoms with E-state index in [9.17, 15) is 40.0 Å². The van der Waals surface area contributed by atoms with Gasteiger partial charge >= 0.3 is 63.3 Å². The van der Waals surface area contributed by atoms with Crippen molar-refractivity contribution in [1.29, 1.82) is 26.3 Å². The van der Waals surface area contributed by atoms with E-state index in [1.165, 1.54) is 89.0 Å². The van der Waals surface area contributed by atoms with Gasteiger partial charge in [-0.2, -0.15) is 26.3 Å². The molecule has 2 saturated carbocycles. The smallest absolute Gasteiger partial charge is 0.870 e. The topological polar surface area (TPSA) is 401 Å². The van der Waals surface area contributed by atoms with Gasteiger partial charge in [-0.05, 0) is 108 Å². The number of unbranched alkanes of at least 4 members (excludes halogenated alkanes) is 5. The average molecular weight is 1830 g/mol. The molecule has 2 fully saturated rings. The standard InChI is InChI=1S/C21H37N3O3.C20H41N3O3.C16H10N2.C14H16N2.C13H24O2.C13H18O2.C7H5N.C2H6O2.K.H2O/c1-6-7-11-20(19-12-9-8-10-13-19)18-21(25)22(14-16-23(2,3)26)15-17-24(4,5)27;1-5-6-10-19(18-11-8-7-9-12-18)17-20(24)22(14-13-21(2)25)15-16-23(3,4)26;17-11-15(12-18)16(13-7-3-1-4-8-13)14-9-5-2-6-10-14;1-2-3-9-14(13(10-15)11-16)12-7-5-4-6-8-12;2*1-2-3-7-12(10-13(14)15)11-8-5-4-6-9-11;8-6-7-4-2-1-3-5-7;3-1-2-4;;/h8-10,12-13,20H,6-7,11,14-18H2,1-5H3;18-19,21H,5-17H2,1-4H3;1-10H;4-8,13-14H,2-3,9H2,1H3;11-12H,2-10H2,1H3,(H,14,15);4-6,8-9,12H,2-3,7,10H2,1H3,(H,14,15);1-5H;3-4H,1-2H2;;1H2/q;;;;;;;;+1;/p-1. The number of carbonyl (C=O) groups is 4. The number of aliphatic hydroxyl groups is 2. The second-order valence-corrected chi connectivity index (χ2v) is 35.3. The number of aliphatic carboxylic acids is 2. The summed E-state index contributed by atoms with van der Waals surface area (Å²) in [5.41, 5.74) is 6.71. The van der Waals surface area contributed by atoms with Gasteiger partial charge in [0.05, 0.1) is 145 Å². The zero-order valence-corrected chi connectivity index (χ0v) is 84.6. The molecule has 6 aromatic rings. The van der Waals surface area contributed by atoms with Gasteiger partial charge in [0.2, 0.25) is 11.8 Å². The van der Waals surface area contributed by atoms with E-state index < -0.39 is 31.8 Å². The Bertz CT molecular complexity index is 4060. The van der Waals surface area contributed by atoms with Crippen molar-refractivity contribution in [3.63, 3.8) is 0 Å². The van der Waals surface area contributed by atoms with Gasteiger partial charge in [-0.1, -0.05) is 333 Å². The molecule has 0 heterocycles. The number of hydrogen-bond donors (Lipinski definition) is 5. The molecule has 0 radical (unpaired) electrons. The Morgan fingerprint density at radius 1 is 0.435 bits per heavy atom. The first-order chi connectivity index (χ1) is 61.8. The van der Waals surface area contributed by atoms with E-state index in [4.69, 9.17) is 46.7 Å². The summed E-state index contributed by atoms with van der Waals surface area (Å²) in [6, 6.07) is 68.2. The fourth-order valence-corrected chi connectivity index (χ4v) is 15.7. The molecule has 6 atom stereocenters. The third-order valence-electron chi connectivity index (χ3n) is 23.1. The summed E-state index contributed by atoms with van der Waals surface area (Å²) in [4.78, 5) is 51.1. The predicted octanol–water partition coefficient (Wildman–Crippen LogP) is 17.3. The predicted molar refractivity (Wildman–Crippen MR) is 520 cm³/mol. The number of carbonyl (C=O) groups excluding carboxylic acids is 2. The van der Waals surface area contributed by atoms with Crippen LogP contribution in [0.5, 0.6) is 0 Å². The maximum Gasteiger partial charge on any atom is 1.00 e. The monoisotopic (exact) mass is 1830 g/mol. The Balaban J connectivity index is 0. The fourth-order valence-electron chi connectivity index (χ4n) is 15.7. The number of nitriles is 5. The van der Waals surface area contributed by atoms with Gasteiger partial charge in [-0.3, -0.25) is 19.2 Å². The number of quaternary nitrogens is 4. The number of likely N-dealkylation sites (N-methyl/N-ethyl adjacent to an activating group) is 4. The van der Waals surface area contributed by atoms with E-state index in [0.717, 1.165) is 99.3 Å². The largest absolute Gasteiger partial charge is 1.00 e. The van der Waals surface area contributed by atoms with Crippen molar-refractivity contribution >= 4 is 29.3 Å². The van der Waals surface area contributed by atoms with E-state index in [-0.39, 0.29) is 117 Å². The van der Waals surface area contributed by atoms with Crippen LogP contribution >= 0.6 is 0 Å². The summed E-state index contributed by atoms with van der Waals surface area (Å²) >= 11 is 0. The summed E-state index contributed by atoms with van der Waals surface area (Å²) in [7, 11) is 11.0. The van der Waals surface area contributed by atoms with Crippen molar-refractivity contribution in [1.82, 2.24) is 9.80 Å². The van der Waals surface area contributed by atoms with Crippen molar-refractivity contribution in [2.45, 2.75) is 239 Å². The van der Waals surface area contributed by atoms with Crippen LogP contribution in [0.1, 0.15) is 272 Å². The van der Waals surface area contributed by atoms with Crippen molar-refractivity contribution in [3.05, 3.63) is 242 Å². The molecule has 0 bridgehead atoms. The van der Waals surface area contributed by atoms with Crippen molar-refractivity contribution in [2.24, 2.45) is 29.6 Å². The molecule has 25 heteroatoms. The summed E-state index contributed by atoms with van der Waals surface area (Å²) in [6.07, 6.45) is 30.8. The number of nitrogens with zero attached hydrogens (tertiary/aromatic N) is 10. The molecule has 8 rings (SSSR count). The molecule has 6 unspecified atom stereocenters. The number of carboxylic acid groups (broad SMARTS) is 2. The van der Waals surface area contributed by atoms with Crippen LogP contribution in [-0.4, -0.2) is 188 Å². The van der Waals surface area contributed by atoms with Crippen molar-refractivity contribution < 1.29 is 115 Å². The molecule has 2 amide bonds. The Kier molecular flexibility index (Phi) is 72.2. The van der Waals surface area contributed by atoms with Crippen LogP contribution in [0.2, 0.25) is 0 Å². The number of nitrogens with one attached hydrogen (secondary N) is 1. The Hall–Kier alpha value is -8.41. The van der Waals surface area contributed by atoms with E-state index in [1.807, 2.05) is 176 Å². The number of hydroxylamine groups is 11. The van der Waals surface area contributed by atoms with Gasteiger partial charge in [0.1, 0.15) is 23.6 Å². The zero-order valence-electron chi connectivity index (χ0n) is 81.5. The Morgan fingerprint density at radius 3 is 1.06 bits per heavy atom. The van der Waals surface area contributed by atoms with Gasteiger partial charge in [0, 0.05) is 30.8 Å². The van der Waals surface area contributed by atoms with Crippen LogP contribution in [0.4, 0.5) is 0 Å². The van der Waals surface area contributed by atoms with Gasteiger partial charge < -0.3 is 75.5 Å². The van der Waals surface area contributed by atoms with E-state index in [0.29, 0.717) is 106 Å². The van der Waals surface area contributed by atoms with Crippen LogP contribution in [-0.2, 0) is 19.2 Å². The molecule has 0 aromatic heterocycles. The molecular weight excluding hydrogens is 1670 g/mol. The second kappa shape index (κ2) is 75.9. The van der Waals surface area contributed by atoms with Crippen LogP contribution in [0.3, 0.4) is 0 Å². The van der Waals surface area contributed by atoms with Gasteiger partial charge in [0.25, 0.3) is 0 Å². The number of rotatable bonds is 44. The van der Waals surface area contributed by atoms with E-state index >= 15 is 0 Å². The molecule has 6 N–H and O–H groups in total. The third-order valence-corrected chi connectivity index (χ3v) is 23.1. The molecule has 0 aliphatic heterocycles. The van der Waals surface area contributed by atoms with Crippen LogP contribution < -0.4 is 56.4 Å². The number of aliphatic hydroxyl groups excluding tert-OH is 2. The van der Waals surface area contributed by atoms with Gasteiger partial charge in [-0.15, -0.1) is 0 Å². The molecule has 24 nitrogen and oxygen atoms in total. The number of benzene rings is 6. The maximum absolute atomic E-state index is 13.0. The number of carboxylic acids is 2. The quantitative estimate of drug-likeness (QED) is 0.0103. The molecule has 0 spiro atoms. The fraction of sp³-hybridized carbons (Fsp3) is 0.557. The van der Waals surface area contributed by atoms with Crippen molar-refractivity contribution in [2.75, 3.05) is 115 Å². The van der Waals surface area contributed by atoms with E-state index in [1.54, 1.807) is 71.3 Å². The normalized spacial score (nSPS) is 13.5. The van der Waals surface area contributed by atoms with Crippen LogP contribution in [0.25, 0.3) is 5.57 Å². The van der Waals surface area contributed by atoms with Crippen LogP contribution in [0, 0.1) is 107 Å².